The van der Waals surface area contributed by atoms with Gasteiger partial charge in [-0.2, -0.15) is 9.61 Å². The molecule has 0 saturated carbocycles. The summed E-state index contributed by atoms with van der Waals surface area (Å²) in [7, 11) is 0. The molecule has 5 aromatic rings. The molecule has 1 unspecified atom stereocenters. The van der Waals surface area contributed by atoms with Crippen molar-refractivity contribution in [3.63, 3.8) is 0 Å². The van der Waals surface area contributed by atoms with Crippen molar-refractivity contribution in [1.82, 2.24) is 19.6 Å². The van der Waals surface area contributed by atoms with Gasteiger partial charge in [0.1, 0.15) is 0 Å². The highest BCUT2D eigenvalue weighted by molar-refractivity contribution is 5.90. The molecular weight excluding hydrogens is 358 g/mol. The molecular formula is C24H21N5. The van der Waals surface area contributed by atoms with Gasteiger partial charge in [0.15, 0.2) is 11.3 Å². The second kappa shape index (κ2) is 6.79. The zero-order valence-electron chi connectivity index (χ0n) is 16.4. The van der Waals surface area contributed by atoms with Gasteiger partial charge >= 0.3 is 0 Å². The summed E-state index contributed by atoms with van der Waals surface area (Å²) in [5, 5.41) is 5.55. The molecule has 0 spiro atoms. The molecule has 3 heterocycles. The van der Waals surface area contributed by atoms with Crippen LogP contribution in [0.1, 0.15) is 24.2 Å². The molecule has 0 fully saturated rings. The van der Waals surface area contributed by atoms with Crippen LogP contribution in [-0.2, 0) is 0 Å². The molecule has 29 heavy (non-hydrogen) atoms. The fourth-order valence-electron chi connectivity index (χ4n) is 3.66. The number of fused-ring (bicyclic) bond motifs is 3. The Hall–Kier alpha value is -3.57. The van der Waals surface area contributed by atoms with Gasteiger partial charge in [0, 0.05) is 34.8 Å². The summed E-state index contributed by atoms with van der Waals surface area (Å²) in [6.07, 6.45) is 1.87. The van der Waals surface area contributed by atoms with Gasteiger partial charge in [-0.1, -0.05) is 54.6 Å². The third-order valence-electron chi connectivity index (χ3n) is 5.17. The number of aryl methyl sites for hydroxylation is 1. The van der Waals surface area contributed by atoms with Crippen molar-refractivity contribution in [2.24, 2.45) is 5.73 Å². The Kier molecular flexibility index (Phi) is 4.11. The SMILES string of the molecule is Cc1cc2ncc3cc(-c4ccccc4)c(-c4ccc(C(C)N)cc4)nc3n2n1. The topological polar surface area (TPSA) is 69.1 Å². The summed E-state index contributed by atoms with van der Waals surface area (Å²) in [4.78, 5) is 9.61. The number of rotatable bonds is 3. The van der Waals surface area contributed by atoms with E-state index in [2.05, 4.69) is 52.5 Å². The quantitative estimate of drug-likeness (QED) is 0.482. The number of benzene rings is 2. The second-order valence-electron chi connectivity index (χ2n) is 7.39. The lowest BCUT2D eigenvalue weighted by molar-refractivity contribution is 0.818. The Balaban J connectivity index is 1.81. The van der Waals surface area contributed by atoms with Crippen molar-refractivity contribution in [3.05, 3.63) is 84.2 Å². The lowest BCUT2D eigenvalue weighted by Crippen LogP contribution is -2.04. The highest BCUT2D eigenvalue weighted by Gasteiger charge is 2.14. The van der Waals surface area contributed by atoms with E-state index in [0.29, 0.717) is 0 Å². The highest BCUT2D eigenvalue weighted by atomic mass is 15.3. The van der Waals surface area contributed by atoms with E-state index in [0.717, 1.165) is 50.3 Å². The molecule has 3 aromatic heterocycles. The van der Waals surface area contributed by atoms with Gasteiger partial charge in [-0.05, 0) is 31.0 Å². The van der Waals surface area contributed by atoms with Crippen LogP contribution in [0.3, 0.4) is 0 Å². The fourth-order valence-corrected chi connectivity index (χ4v) is 3.66. The lowest BCUT2D eigenvalue weighted by atomic mass is 9.97. The maximum Gasteiger partial charge on any atom is 0.165 e. The molecule has 0 bridgehead atoms. The molecule has 0 aliphatic rings. The third kappa shape index (κ3) is 3.05. The Morgan fingerprint density at radius 1 is 0.931 bits per heavy atom. The first-order valence-electron chi connectivity index (χ1n) is 9.67. The van der Waals surface area contributed by atoms with Crippen LogP contribution in [0, 0.1) is 6.92 Å². The summed E-state index contributed by atoms with van der Waals surface area (Å²) < 4.78 is 1.82. The second-order valence-corrected chi connectivity index (χ2v) is 7.39. The minimum Gasteiger partial charge on any atom is -0.324 e. The van der Waals surface area contributed by atoms with Crippen LogP contribution in [0.5, 0.6) is 0 Å². The predicted octanol–water partition coefficient (Wildman–Crippen LogP) is 4.94. The first-order chi connectivity index (χ1) is 14.1. The normalized spacial score (nSPS) is 12.5. The summed E-state index contributed by atoms with van der Waals surface area (Å²) in [5.74, 6) is 0. The Labute approximate surface area is 168 Å². The minimum absolute atomic E-state index is 0.0000415. The first kappa shape index (κ1) is 17.5. The number of hydrogen-bond acceptors (Lipinski definition) is 4. The molecule has 142 valence electrons. The van der Waals surface area contributed by atoms with Gasteiger partial charge in [0.05, 0.1) is 11.4 Å². The summed E-state index contributed by atoms with van der Waals surface area (Å²) >= 11 is 0. The number of nitrogens with zero attached hydrogens (tertiary/aromatic N) is 4. The lowest BCUT2D eigenvalue weighted by Gasteiger charge is -2.13. The molecule has 5 rings (SSSR count). The van der Waals surface area contributed by atoms with Gasteiger partial charge in [-0.25, -0.2) is 9.97 Å². The van der Waals surface area contributed by atoms with E-state index in [1.54, 1.807) is 0 Å². The molecule has 0 saturated heterocycles. The van der Waals surface area contributed by atoms with Crippen LogP contribution in [0.15, 0.2) is 72.9 Å². The van der Waals surface area contributed by atoms with Crippen LogP contribution in [0.2, 0.25) is 0 Å². The summed E-state index contributed by atoms with van der Waals surface area (Å²) in [6.45, 7) is 3.95. The zero-order chi connectivity index (χ0) is 20.0. The maximum atomic E-state index is 6.03. The van der Waals surface area contributed by atoms with Crippen LogP contribution in [0.25, 0.3) is 39.1 Å². The van der Waals surface area contributed by atoms with E-state index in [9.17, 15) is 0 Å². The molecule has 0 aliphatic carbocycles. The van der Waals surface area contributed by atoms with Crippen molar-refractivity contribution in [1.29, 1.82) is 0 Å². The van der Waals surface area contributed by atoms with Crippen molar-refractivity contribution >= 4 is 16.7 Å². The molecule has 2 N–H and O–H groups in total. The zero-order valence-corrected chi connectivity index (χ0v) is 16.4. The van der Waals surface area contributed by atoms with Crippen molar-refractivity contribution < 1.29 is 0 Å². The molecule has 5 nitrogen and oxygen atoms in total. The van der Waals surface area contributed by atoms with Crippen molar-refractivity contribution in [2.75, 3.05) is 0 Å². The monoisotopic (exact) mass is 379 g/mol. The number of hydrogen-bond donors (Lipinski definition) is 1. The molecule has 0 aliphatic heterocycles. The average Bonchev–Trinajstić information content (AvgIpc) is 3.14. The van der Waals surface area contributed by atoms with Gasteiger partial charge < -0.3 is 5.73 Å². The standard InChI is InChI=1S/C24H21N5/c1-15-12-22-26-14-20-13-21(18-6-4-3-5-7-18)23(27-24(20)29(22)28-15)19-10-8-17(9-11-19)16(2)25/h3-14,16H,25H2,1-2H3. The van der Waals surface area contributed by atoms with Gasteiger partial charge in [-0.15, -0.1) is 0 Å². The predicted molar refractivity (Wildman–Crippen MR) is 116 cm³/mol. The number of aromatic nitrogens is 4. The third-order valence-corrected chi connectivity index (χ3v) is 5.17. The van der Waals surface area contributed by atoms with E-state index in [4.69, 9.17) is 10.7 Å². The van der Waals surface area contributed by atoms with E-state index in [1.165, 1.54) is 0 Å². The van der Waals surface area contributed by atoms with Crippen LogP contribution in [0.4, 0.5) is 0 Å². The van der Waals surface area contributed by atoms with Crippen molar-refractivity contribution in [3.8, 4) is 22.4 Å². The van der Waals surface area contributed by atoms with Gasteiger partial charge in [-0.3, -0.25) is 0 Å². The Morgan fingerprint density at radius 2 is 1.69 bits per heavy atom. The van der Waals surface area contributed by atoms with E-state index in [1.807, 2.05) is 48.8 Å². The summed E-state index contributed by atoms with van der Waals surface area (Å²) in [6, 6.07) is 22.7. The van der Waals surface area contributed by atoms with Crippen LogP contribution in [-0.4, -0.2) is 19.6 Å². The van der Waals surface area contributed by atoms with Gasteiger partial charge in [0.25, 0.3) is 0 Å². The summed E-state index contributed by atoms with van der Waals surface area (Å²) in [5.41, 5.74) is 13.8. The molecule has 5 heteroatoms. The van der Waals surface area contributed by atoms with E-state index < -0.39 is 0 Å². The van der Waals surface area contributed by atoms with Crippen LogP contribution >= 0.6 is 0 Å². The van der Waals surface area contributed by atoms with E-state index >= 15 is 0 Å². The fraction of sp³-hybridized carbons (Fsp3) is 0.125. The molecule has 2 aromatic carbocycles. The Bertz CT molecular complexity index is 1320. The van der Waals surface area contributed by atoms with Crippen LogP contribution < -0.4 is 5.73 Å². The smallest absolute Gasteiger partial charge is 0.165 e. The Morgan fingerprint density at radius 3 is 2.41 bits per heavy atom. The van der Waals surface area contributed by atoms with Crippen molar-refractivity contribution in [2.45, 2.75) is 19.9 Å². The number of nitrogens with two attached hydrogens (primary N) is 1. The average molecular weight is 379 g/mol. The largest absolute Gasteiger partial charge is 0.324 e. The highest BCUT2D eigenvalue weighted by Crippen LogP contribution is 2.33. The van der Waals surface area contributed by atoms with E-state index in [-0.39, 0.29) is 6.04 Å². The minimum atomic E-state index is -0.0000415. The molecule has 0 amide bonds. The first-order valence-corrected chi connectivity index (χ1v) is 9.67. The number of pyridine rings is 1. The molecule has 0 radical (unpaired) electrons. The molecule has 1 atom stereocenters. The van der Waals surface area contributed by atoms with Gasteiger partial charge in [0.2, 0.25) is 0 Å². The maximum absolute atomic E-state index is 6.03.